The molecule has 1 N–H and O–H groups in total. The van der Waals surface area contributed by atoms with Gasteiger partial charge in [-0.25, -0.2) is 0 Å². The number of ether oxygens (including phenoxy) is 2. The van der Waals surface area contributed by atoms with Crippen LogP contribution in [-0.2, 0) is 23.9 Å². The van der Waals surface area contributed by atoms with Crippen LogP contribution in [0.25, 0.3) is 0 Å². The van der Waals surface area contributed by atoms with E-state index < -0.39 is 24.7 Å². The fraction of sp³-hybridized carbons (Fsp3) is 0.769. The van der Waals surface area contributed by atoms with Crippen LogP contribution in [0.5, 0.6) is 0 Å². The first kappa shape index (κ1) is 18.2. The van der Waals surface area contributed by atoms with Gasteiger partial charge in [0.05, 0.1) is 12.8 Å². The van der Waals surface area contributed by atoms with E-state index in [0.717, 1.165) is 19.3 Å². The van der Waals surface area contributed by atoms with E-state index in [-0.39, 0.29) is 12.8 Å². The number of unbranched alkanes of at least 4 members (excludes halogenated alkanes) is 1. The van der Waals surface area contributed by atoms with E-state index in [9.17, 15) is 14.4 Å². The molecule has 0 amide bonds. The van der Waals surface area contributed by atoms with Crippen molar-refractivity contribution in [3.63, 3.8) is 0 Å². The van der Waals surface area contributed by atoms with E-state index in [1.165, 1.54) is 12.2 Å². The Bertz CT molecular complexity index is 355. The van der Waals surface area contributed by atoms with Crippen molar-refractivity contribution in [1.82, 2.24) is 0 Å². The molecule has 6 nitrogen and oxygen atoms in total. The lowest BCUT2D eigenvalue weighted by Crippen LogP contribution is -2.13. The molecule has 1 aliphatic rings. The molecular weight excluding hydrogens is 316 g/mol. The number of hydrogen-bond acceptors (Lipinski definition) is 7. The molecule has 21 heavy (non-hydrogen) atoms. The van der Waals surface area contributed by atoms with Gasteiger partial charge in [0.25, 0.3) is 0 Å². The van der Waals surface area contributed by atoms with Gasteiger partial charge in [-0.05, 0) is 19.3 Å². The van der Waals surface area contributed by atoms with Crippen LogP contribution in [0.2, 0.25) is 0 Å². The van der Waals surface area contributed by atoms with E-state index >= 15 is 0 Å². The Labute approximate surface area is 131 Å². The average molecular weight is 336 g/mol. The van der Waals surface area contributed by atoms with Crippen molar-refractivity contribution < 1.29 is 29.0 Å². The van der Waals surface area contributed by atoms with Crippen molar-refractivity contribution in [2.45, 2.75) is 50.2 Å². The van der Waals surface area contributed by atoms with Crippen LogP contribution in [-0.4, -0.2) is 40.8 Å². The number of hydrogen-bond donors (Lipinski definition) is 1. The Hall–Kier alpha value is -0.890. The Morgan fingerprint density at radius 1 is 1.05 bits per heavy atom. The molecule has 8 heteroatoms. The zero-order chi connectivity index (χ0) is 15.5. The van der Waals surface area contributed by atoms with Crippen LogP contribution < -0.4 is 0 Å². The van der Waals surface area contributed by atoms with Crippen LogP contribution in [0.4, 0.5) is 0 Å². The Morgan fingerprint density at radius 3 is 2.38 bits per heavy atom. The summed E-state index contributed by atoms with van der Waals surface area (Å²) in [4.78, 5) is 32.7. The van der Waals surface area contributed by atoms with E-state index in [1.807, 2.05) is 21.6 Å². The SMILES string of the molecule is O=C(O)CCC(=O)OCOC(=O)CCCC[C@@H]1CCSS1. The van der Waals surface area contributed by atoms with Crippen molar-refractivity contribution in [2.24, 2.45) is 0 Å². The van der Waals surface area contributed by atoms with Crippen LogP contribution in [0.1, 0.15) is 44.9 Å². The van der Waals surface area contributed by atoms with E-state index in [1.54, 1.807) is 0 Å². The van der Waals surface area contributed by atoms with E-state index in [2.05, 4.69) is 4.74 Å². The van der Waals surface area contributed by atoms with Gasteiger partial charge in [0.2, 0.25) is 6.79 Å². The quantitative estimate of drug-likeness (QED) is 0.282. The predicted molar refractivity (Wildman–Crippen MR) is 80.8 cm³/mol. The highest BCUT2D eigenvalue weighted by Crippen LogP contribution is 2.39. The summed E-state index contributed by atoms with van der Waals surface area (Å²) in [5, 5.41) is 9.09. The highest BCUT2D eigenvalue weighted by Gasteiger charge is 2.16. The van der Waals surface area contributed by atoms with Gasteiger partial charge in [-0.15, -0.1) is 0 Å². The highest BCUT2D eigenvalue weighted by atomic mass is 33.1. The predicted octanol–water partition coefficient (Wildman–Crippen LogP) is 2.61. The molecule has 0 spiro atoms. The molecular formula is C13H20O6S2. The molecule has 0 saturated carbocycles. The molecule has 1 saturated heterocycles. The lowest BCUT2D eigenvalue weighted by Gasteiger charge is -2.07. The van der Waals surface area contributed by atoms with Crippen molar-refractivity contribution in [2.75, 3.05) is 12.5 Å². The summed E-state index contributed by atoms with van der Waals surface area (Å²) in [5.41, 5.74) is 0. The summed E-state index contributed by atoms with van der Waals surface area (Å²) in [7, 11) is 3.83. The molecule has 0 aromatic rings. The van der Waals surface area contributed by atoms with Gasteiger partial charge >= 0.3 is 17.9 Å². The third-order valence-corrected chi connectivity index (χ3v) is 5.87. The van der Waals surface area contributed by atoms with Gasteiger partial charge < -0.3 is 14.6 Å². The van der Waals surface area contributed by atoms with Gasteiger partial charge in [0.15, 0.2) is 0 Å². The number of carboxylic acids is 1. The standard InChI is InChI=1S/C13H20O6S2/c14-11(15)5-6-13(17)19-9-18-12(16)4-2-1-3-10-7-8-20-21-10/h10H,1-9H2,(H,14,15)/t10-/m1/s1. The summed E-state index contributed by atoms with van der Waals surface area (Å²) in [6.07, 6.45) is 3.94. The fourth-order valence-corrected chi connectivity index (χ4v) is 4.75. The third kappa shape index (κ3) is 9.62. The van der Waals surface area contributed by atoms with Crippen LogP contribution in [0.15, 0.2) is 0 Å². The lowest BCUT2D eigenvalue weighted by atomic mass is 10.1. The molecule has 0 bridgehead atoms. The molecule has 1 aliphatic heterocycles. The first-order valence-electron chi connectivity index (χ1n) is 6.89. The monoisotopic (exact) mass is 336 g/mol. The number of esters is 2. The normalized spacial score (nSPS) is 17.4. The van der Waals surface area contributed by atoms with E-state index in [0.29, 0.717) is 11.7 Å². The second-order valence-electron chi connectivity index (χ2n) is 4.62. The smallest absolute Gasteiger partial charge is 0.309 e. The summed E-state index contributed by atoms with van der Waals surface area (Å²) < 4.78 is 9.35. The lowest BCUT2D eigenvalue weighted by molar-refractivity contribution is -0.168. The van der Waals surface area contributed by atoms with Crippen LogP contribution in [0, 0.1) is 0 Å². The van der Waals surface area contributed by atoms with Crippen molar-refractivity contribution in [1.29, 1.82) is 0 Å². The number of rotatable bonds is 10. The molecule has 0 aromatic heterocycles. The maximum Gasteiger partial charge on any atom is 0.309 e. The number of carbonyl (C=O) groups is 3. The van der Waals surface area contributed by atoms with Gasteiger partial charge in [0, 0.05) is 17.4 Å². The molecule has 0 aromatic carbocycles. The van der Waals surface area contributed by atoms with Crippen molar-refractivity contribution in [3.05, 3.63) is 0 Å². The largest absolute Gasteiger partial charge is 0.481 e. The summed E-state index contributed by atoms with van der Waals surface area (Å²) in [5.74, 6) is -0.928. The number of carbonyl (C=O) groups excluding carboxylic acids is 2. The second kappa shape index (κ2) is 10.8. The summed E-state index contributed by atoms with van der Waals surface area (Å²) in [6, 6.07) is 0. The average Bonchev–Trinajstić information content (AvgIpc) is 2.94. The molecule has 0 aliphatic carbocycles. The van der Waals surface area contributed by atoms with Crippen LogP contribution in [0.3, 0.4) is 0 Å². The number of carboxylic acid groups (broad SMARTS) is 1. The first-order valence-corrected chi connectivity index (χ1v) is 9.27. The maximum absolute atomic E-state index is 11.4. The van der Waals surface area contributed by atoms with Gasteiger partial charge in [-0.3, -0.25) is 14.4 Å². The Kier molecular flexibility index (Phi) is 9.32. The second-order valence-corrected chi connectivity index (χ2v) is 7.41. The van der Waals surface area contributed by atoms with Gasteiger partial charge in [0.1, 0.15) is 0 Å². The molecule has 120 valence electrons. The Balaban J connectivity index is 1.93. The third-order valence-electron chi connectivity index (χ3n) is 2.87. The van der Waals surface area contributed by atoms with Gasteiger partial charge in [-0.1, -0.05) is 28.0 Å². The molecule has 1 heterocycles. The minimum Gasteiger partial charge on any atom is -0.481 e. The summed E-state index contributed by atoms with van der Waals surface area (Å²) in [6.45, 7) is -0.438. The minimum absolute atomic E-state index is 0.218. The zero-order valence-electron chi connectivity index (χ0n) is 11.7. The zero-order valence-corrected chi connectivity index (χ0v) is 13.4. The summed E-state index contributed by atoms with van der Waals surface area (Å²) >= 11 is 0. The van der Waals surface area contributed by atoms with E-state index in [4.69, 9.17) is 9.84 Å². The fourth-order valence-electron chi connectivity index (χ4n) is 1.72. The minimum atomic E-state index is -1.07. The van der Waals surface area contributed by atoms with Gasteiger partial charge in [-0.2, -0.15) is 0 Å². The number of aliphatic carboxylic acids is 1. The molecule has 1 atom stereocenters. The maximum atomic E-state index is 11.4. The molecule has 1 rings (SSSR count). The van der Waals surface area contributed by atoms with Crippen molar-refractivity contribution in [3.8, 4) is 0 Å². The molecule has 0 unspecified atom stereocenters. The topological polar surface area (TPSA) is 89.9 Å². The highest BCUT2D eigenvalue weighted by molar-refractivity contribution is 8.77. The molecule has 1 fully saturated rings. The first-order chi connectivity index (χ1) is 10.1. The van der Waals surface area contributed by atoms with Crippen LogP contribution >= 0.6 is 21.6 Å². The molecule has 0 radical (unpaired) electrons. The Morgan fingerprint density at radius 2 is 1.76 bits per heavy atom. The van der Waals surface area contributed by atoms with Crippen molar-refractivity contribution >= 4 is 39.5 Å².